The molecule has 0 aliphatic carbocycles. The lowest BCUT2D eigenvalue weighted by molar-refractivity contribution is -0.140. The summed E-state index contributed by atoms with van der Waals surface area (Å²) in [4.78, 5) is 12.5. The molecule has 9 heteroatoms. The zero-order valence-corrected chi connectivity index (χ0v) is 14.6. The lowest BCUT2D eigenvalue weighted by Gasteiger charge is -2.21. The number of alkyl halides is 3. The molecule has 0 unspecified atom stereocenters. The van der Waals surface area contributed by atoms with Crippen molar-refractivity contribution in [2.75, 3.05) is 4.90 Å². The van der Waals surface area contributed by atoms with E-state index in [2.05, 4.69) is 5.10 Å². The molecule has 0 saturated heterocycles. The normalized spacial score (nSPS) is 11.5. The molecule has 0 fully saturated rings. The number of rotatable bonds is 4. The fourth-order valence-electron chi connectivity index (χ4n) is 2.68. The first kappa shape index (κ1) is 18.9. The Hall–Kier alpha value is -2.87. The van der Waals surface area contributed by atoms with Gasteiger partial charge in [0.15, 0.2) is 5.69 Å². The summed E-state index contributed by atoms with van der Waals surface area (Å²) >= 11 is 5.85. The molecule has 1 heterocycles. The van der Waals surface area contributed by atoms with Gasteiger partial charge in [-0.3, -0.25) is 14.4 Å². The van der Waals surface area contributed by atoms with E-state index in [-0.39, 0.29) is 17.7 Å². The van der Waals surface area contributed by atoms with Gasteiger partial charge in [0, 0.05) is 23.8 Å². The largest absolute Gasteiger partial charge is 0.437 e. The molecule has 0 spiro atoms. The third-order valence-corrected chi connectivity index (χ3v) is 4.07. The van der Waals surface area contributed by atoms with Gasteiger partial charge in [0.1, 0.15) is 5.82 Å². The highest BCUT2D eigenvalue weighted by molar-refractivity contribution is 6.30. The van der Waals surface area contributed by atoms with E-state index >= 15 is 0 Å². The minimum absolute atomic E-state index is 0.0761. The molecule has 3 rings (SSSR count). The number of carbonyl (C=O) groups is 1. The van der Waals surface area contributed by atoms with Crippen LogP contribution in [0.4, 0.5) is 28.9 Å². The quantitative estimate of drug-likeness (QED) is 0.448. The van der Waals surface area contributed by atoms with Crippen LogP contribution in [-0.4, -0.2) is 16.2 Å². The van der Waals surface area contributed by atoms with Gasteiger partial charge < -0.3 is 0 Å². The van der Waals surface area contributed by atoms with E-state index in [1.165, 1.54) is 13.1 Å². The van der Waals surface area contributed by atoms with E-state index in [1.807, 2.05) is 0 Å². The molecule has 0 atom stereocenters. The van der Waals surface area contributed by atoms with Crippen molar-refractivity contribution in [3.63, 3.8) is 0 Å². The van der Waals surface area contributed by atoms with Crippen molar-refractivity contribution in [2.45, 2.75) is 6.18 Å². The van der Waals surface area contributed by atoms with Gasteiger partial charge in [0.2, 0.25) is 6.41 Å². The average Bonchev–Trinajstić information content (AvgIpc) is 2.99. The first-order valence-electron chi connectivity index (χ1n) is 7.61. The first-order chi connectivity index (χ1) is 12.7. The Morgan fingerprint density at radius 3 is 2.37 bits per heavy atom. The number of carbonyl (C=O) groups excluding carboxylic acids is 1. The lowest BCUT2D eigenvalue weighted by atomic mass is 10.0. The minimum atomic E-state index is -4.77. The highest BCUT2D eigenvalue weighted by Gasteiger charge is 2.39. The van der Waals surface area contributed by atoms with Gasteiger partial charge in [-0.15, -0.1) is 0 Å². The molecule has 0 aliphatic heterocycles. The molecule has 4 nitrogen and oxygen atoms in total. The SMILES string of the molecule is Cn1cc(N(C=O)c2ccc(F)cc2-c2ccc(Cl)cc2)c(C(F)(F)F)n1. The van der Waals surface area contributed by atoms with Gasteiger partial charge in [-0.25, -0.2) is 4.39 Å². The number of benzene rings is 2. The van der Waals surface area contributed by atoms with E-state index in [4.69, 9.17) is 11.6 Å². The molecule has 0 saturated carbocycles. The summed E-state index contributed by atoms with van der Waals surface area (Å²) in [6.07, 6.45) is -3.45. The van der Waals surface area contributed by atoms with E-state index in [1.54, 1.807) is 24.3 Å². The molecule has 1 amide bonds. The second-order valence-electron chi connectivity index (χ2n) is 5.68. The number of anilines is 2. The van der Waals surface area contributed by atoms with Crippen LogP contribution in [-0.2, 0) is 18.0 Å². The molecule has 0 bridgehead atoms. The van der Waals surface area contributed by atoms with Crippen LogP contribution < -0.4 is 4.90 Å². The fraction of sp³-hybridized carbons (Fsp3) is 0.111. The topological polar surface area (TPSA) is 38.1 Å². The van der Waals surface area contributed by atoms with Crippen molar-refractivity contribution in [1.82, 2.24) is 9.78 Å². The number of halogens is 5. The van der Waals surface area contributed by atoms with Crippen LogP contribution in [0.15, 0.2) is 48.7 Å². The van der Waals surface area contributed by atoms with Crippen LogP contribution in [0.2, 0.25) is 5.02 Å². The molecule has 27 heavy (non-hydrogen) atoms. The van der Waals surface area contributed by atoms with Crippen LogP contribution in [0.3, 0.4) is 0 Å². The van der Waals surface area contributed by atoms with Gasteiger partial charge >= 0.3 is 6.18 Å². The summed E-state index contributed by atoms with van der Waals surface area (Å²) < 4.78 is 54.7. The van der Waals surface area contributed by atoms with Crippen molar-refractivity contribution in [2.24, 2.45) is 7.05 Å². The Balaban J connectivity index is 2.21. The standard InChI is InChI=1S/C18H12ClF4N3O/c1-25-9-16(17(24-25)18(21,22)23)26(10-27)15-7-6-13(20)8-14(15)11-2-4-12(19)5-3-11/h2-10H,1H3. The predicted octanol–water partition coefficient (Wildman–Crippen LogP) is 5.19. The lowest BCUT2D eigenvalue weighted by Crippen LogP contribution is -2.19. The van der Waals surface area contributed by atoms with Crippen molar-refractivity contribution < 1.29 is 22.4 Å². The number of aryl methyl sites for hydroxylation is 1. The van der Waals surface area contributed by atoms with Crippen LogP contribution in [0, 0.1) is 5.82 Å². The van der Waals surface area contributed by atoms with Crippen LogP contribution in [0.25, 0.3) is 11.1 Å². The molecule has 2 aromatic carbocycles. The molecule has 140 valence electrons. The third-order valence-electron chi connectivity index (χ3n) is 3.82. The van der Waals surface area contributed by atoms with Crippen LogP contribution >= 0.6 is 11.6 Å². The summed E-state index contributed by atoms with van der Waals surface area (Å²) in [5, 5.41) is 3.85. The predicted molar refractivity (Wildman–Crippen MR) is 93.3 cm³/mol. The smallest absolute Gasteiger partial charge is 0.279 e. The molecule has 3 aromatic rings. The van der Waals surface area contributed by atoms with Crippen molar-refractivity contribution >= 4 is 29.4 Å². The summed E-state index contributed by atoms with van der Waals surface area (Å²) in [5.74, 6) is -0.600. The third kappa shape index (κ3) is 3.80. The Morgan fingerprint density at radius 2 is 1.78 bits per heavy atom. The Morgan fingerprint density at radius 1 is 1.11 bits per heavy atom. The second kappa shape index (κ2) is 7.03. The number of aromatic nitrogens is 2. The van der Waals surface area contributed by atoms with Crippen LogP contribution in [0.1, 0.15) is 5.69 Å². The second-order valence-corrected chi connectivity index (χ2v) is 6.11. The molecule has 0 aliphatic rings. The fourth-order valence-corrected chi connectivity index (χ4v) is 2.80. The molecule has 0 N–H and O–H groups in total. The van der Waals surface area contributed by atoms with Crippen molar-refractivity contribution in [3.8, 4) is 11.1 Å². The number of amides is 1. The maximum Gasteiger partial charge on any atom is 0.437 e. The highest BCUT2D eigenvalue weighted by atomic mass is 35.5. The molecule has 0 radical (unpaired) electrons. The molecular formula is C18H12ClF4N3O. The van der Waals surface area contributed by atoms with Gasteiger partial charge in [0.05, 0.1) is 11.4 Å². The first-order valence-corrected chi connectivity index (χ1v) is 7.99. The van der Waals surface area contributed by atoms with E-state index in [0.717, 1.165) is 27.9 Å². The Labute approximate surface area is 156 Å². The Bertz CT molecular complexity index is 983. The summed E-state index contributed by atoms with van der Waals surface area (Å²) in [7, 11) is 1.31. The number of hydrogen-bond donors (Lipinski definition) is 0. The summed E-state index contributed by atoms with van der Waals surface area (Å²) in [6.45, 7) is 0. The van der Waals surface area contributed by atoms with Crippen LogP contribution in [0.5, 0.6) is 0 Å². The van der Waals surface area contributed by atoms with E-state index in [0.29, 0.717) is 10.6 Å². The van der Waals surface area contributed by atoms with E-state index in [9.17, 15) is 22.4 Å². The summed E-state index contributed by atoms with van der Waals surface area (Å²) in [5.41, 5.74) is -0.883. The molecule has 1 aromatic heterocycles. The van der Waals surface area contributed by atoms with E-state index < -0.39 is 23.4 Å². The number of nitrogens with zero attached hydrogens (tertiary/aromatic N) is 3. The Kier molecular flexibility index (Phi) is 4.93. The van der Waals surface area contributed by atoms with Gasteiger partial charge in [-0.05, 0) is 35.9 Å². The van der Waals surface area contributed by atoms with Crippen molar-refractivity contribution in [1.29, 1.82) is 0 Å². The average molecular weight is 398 g/mol. The molecular weight excluding hydrogens is 386 g/mol. The van der Waals surface area contributed by atoms with Gasteiger partial charge in [0.25, 0.3) is 0 Å². The minimum Gasteiger partial charge on any atom is -0.279 e. The monoisotopic (exact) mass is 397 g/mol. The maximum absolute atomic E-state index is 13.8. The van der Waals surface area contributed by atoms with Gasteiger partial charge in [-0.1, -0.05) is 23.7 Å². The zero-order valence-electron chi connectivity index (χ0n) is 13.8. The zero-order chi connectivity index (χ0) is 19.8. The maximum atomic E-state index is 13.8. The summed E-state index contributed by atoms with van der Waals surface area (Å²) in [6, 6.07) is 9.72. The number of hydrogen-bond acceptors (Lipinski definition) is 2. The van der Waals surface area contributed by atoms with Crippen molar-refractivity contribution in [3.05, 3.63) is 65.2 Å². The highest BCUT2D eigenvalue weighted by Crippen LogP contribution is 2.41. The van der Waals surface area contributed by atoms with Gasteiger partial charge in [-0.2, -0.15) is 18.3 Å².